The van der Waals surface area contributed by atoms with Crippen molar-refractivity contribution in [2.45, 2.75) is 19.8 Å². The summed E-state index contributed by atoms with van der Waals surface area (Å²) in [4.78, 5) is 15.4. The van der Waals surface area contributed by atoms with Crippen molar-refractivity contribution < 1.29 is 14.3 Å². The number of ether oxygens (including phenoxy) is 2. The summed E-state index contributed by atoms with van der Waals surface area (Å²) in [6.45, 7) is 3.76. The molecule has 0 saturated carbocycles. The van der Waals surface area contributed by atoms with Crippen LogP contribution in [0.15, 0.2) is 54.7 Å². The first kappa shape index (κ1) is 20.0. The molecule has 6 heteroatoms. The first-order valence-electron chi connectivity index (χ1n) is 10.3. The number of aromatic nitrogens is 2. The van der Waals surface area contributed by atoms with E-state index in [1.807, 2.05) is 59.6 Å². The van der Waals surface area contributed by atoms with Crippen LogP contribution in [0.25, 0.3) is 16.9 Å². The summed E-state index contributed by atoms with van der Waals surface area (Å²) in [7, 11) is 3.21. The highest BCUT2D eigenvalue weighted by atomic mass is 16.5. The van der Waals surface area contributed by atoms with Gasteiger partial charge >= 0.3 is 0 Å². The van der Waals surface area contributed by atoms with Crippen LogP contribution in [0.2, 0.25) is 0 Å². The van der Waals surface area contributed by atoms with E-state index in [4.69, 9.17) is 14.6 Å². The monoisotopic (exact) mass is 405 g/mol. The summed E-state index contributed by atoms with van der Waals surface area (Å²) >= 11 is 0. The maximum atomic E-state index is 13.5. The van der Waals surface area contributed by atoms with Gasteiger partial charge in [-0.1, -0.05) is 25.1 Å². The molecule has 1 fully saturated rings. The van der Waals surface area contributed by atoms with Crippen LogP contribution in [-0.2, 0) is 0 Å². The summed E-state index contributed by atoms with van der Waals surface area (Å²) in [6, 6.07) is 15.4. The Hall–Kier alpha value is -3.28. The maximum absolute atomic E-state index is 13.5. The molecule has 6 nitrogen and oxygen atoms in total. The average Bonchev–Trinajstić information content (AvgIpc) is 3.24. The van der Waals surface area contributed by atoms with Crippen molar-refractivity contribution in [3.8, 4) is 28.4 Å². The third-order valence-electron chi connectivity index (χ3n) is 5.57. The fraction of sp³-hybridized carbons (Fsp3) is 0.333. The molecule has 1 aliphatic heterocycles. The van der Waals surface area contributed by atoms with Crippen molar-refractivity contribution in [2.75, 3.05) is 27.3 Å². The Kier molecular flexibility index (Phi) is 5.74. The number of amides is 1. The summed E-state index contributed by atoms with van der Waals surface area (Å²) in [6.07, 6.45) is 4.03. The quantitative estimate of drug-likeness (QED) is 0.630. The normalized spacial score (nSPS) is 16.4. The fourth-order valence-corrected chi connectivity index (χ4v) is 3.98. The van der Waals surface area contributed by atoms with Crippen LogP contribution in [0.4, 0.5) is 0 Å². The number of benzene rings is 2. The van der Waals surface area contributed by atoms with E-state index in [1.54, 1.807) is 18.9 Å². The van der Waals surface area contributed by atoms with Crippen LogP contribution >= 0.6 is 0 Å². The number of carbonyl (C=O) groups is 1. The Morgan fingerprint density at radius 3 is 2.53 bits per heavy atom. The Balaban J connectivity index is 1.80. The second-order valence-electron chi connectivity index (χ2n) is 7.74. The molecule has 0 N–H and O–H groups in total. The molecule has 4 rings (SSSR count). The summed E-state index contributed by atoms with van der Waals surface area (Å²) in [5, 5.41) is 4.79. The van der Waals surface area contributed by atoms with E-state index in [-0.39, 0.29) is 5.91 Å². The van der Waals surface area contributed by atoms with E-state index in [0.29, 0.717) is 28.7 Å². The first-order chi connectivity index (χ1) is 14.6. The van der Waals surface area contributed by atoms with Gasteiger partial charge in [-0.25, -0.2) is 4.68 Å². The molecule has 0 spiro atoms. The van der Waals surface area contributed by atoms with Gasteiger partial charge in [0.2, 0.25) is 0 Å². The van der Waals surface area contributed by atoms with Crippen molar-refractivity contribution in [3.05, 3.63) is 60.3 Å². The largest absolute Gasteiger partial charge is 0.493 e. The van der Waals surface area contributed by atoms with Gasteiger partial charge in [0.1, 0.15) is 5.69 Å². The molecule has 156 valence electrons. The average molecular weight is 405 g/mol. The van der Waals surface area contributed by atoms with Crippen LogP contribution in [0.3, 0.4) is 0 Å². The number of likely N-dealkylation sites (tertiary alicyclic amines) is 1. The predicted octanol–water partition coefficient (Wildman–Crippen LogP) is 4.43. The molecule has 30 heavy (non-hydrogen) atoms. The molecular formula is C24H27N3O3. The molecule has 0 radical (unpaired) electrons. The van der Waals surface area contributed by atoms with Gasteiger partial charge in [0.15, 0.2) is 11.5 Å². The van der Waals surface area contributed by atoms with Gasteiger partial charge in [0.05, 0.1) is 25.5 Å². The number of hydrogen-bond acceptors (Lipinski definition) is 4. The van der Waals surface area contributed by atoms with Gasteiger partial charge in [0, 0.05) is 24.8 Å². The topological polar surface area (TPSA) is 56.6 Å². The maximum Gasteiger partial charge on any atom is 0.257 e. The molecule has 2 heterocycles. The van der Waals surface area contributed by atoms with Crippen molar-refractivity contribution >= 4 is 5.91 Å². The van der Waals surface area contributed by atoms with Crippen LogP contribution in [0.1, 0.15) is 30.1 Å². The fourth-order valence-electron chi connectivity index (χ4n) is 3.98. The van der Waals surface area contributed by atoms with Crippen LogP contribution in [0, 0.1) is 5.92 Å². The summed E-state index contributed by atoms with van der Waals surface area (Å²) in [5.74, 6) is 1.78. The van der Waals surface area contributed by atoms with Crippen LogP contribution in [-0.4, -0.2) is 47.9 Å². The lowest BCUT2D eigenvalue weighted by molar-refractivity contribution is 0.0684. The minimum atomic E-state index is 0.0218. The lowest BCUT2D eigenvalue weighted by Crippen LogP contribution is -2.39. The summed E-state index contributed by atoms with van der Waals surface area (Å²) < 4.78 is 12.6. The van der Waals surface area contributed by atoms with E-state index < -0.39 is 0 Å². The molecule has 3 aromatic rings. The SMILES string of the molecule is COc1ccc(-c2nn(-c3ccccc3)cc2C(=O)N2CCC[C@H](C)C2)cc1OC. The molecule has 2 aromatic carbocycles. The number of nitrogens with zero attached hydrogens (tertiary/aromatic N) is 3. The van der Waals surface area contributed by atoms with E-state index in [2.05, 4.69) is 6.92 Å². The number of carbonyl (C=O) groups excluding carboxylic acids is 1. The highest BCUT2D eigenvalue weighted by molar-refractivity contribution is 6.00. The Morgan fingerprint density at radius 1 is 1.07 bits per heavy atom. The van der Waals surface area contributed by atoms with Gasteiger partial charge in [-0.3, -0.25) is 4.79 Å². The van der Waals surface area contributed by atoms with Gasteiger partial charge in [-0.05, 0) is 49.1 Å². The predicted molar refractivity (Wildman–Crippen MR) is 116 cm³/mol. The standard InChI is InChI=1S/C24H27N3O3/c1-17-8-7-13-26(15-17)24(28)20-16-27(19-9-5-4-6-10-19)25-23(20)18-11-12-21(29-2)22(14-18)30-3/h4-6,9-12,14,16-17H,7-8,13,15H2,1-3H3/t17-/m0/s1. The van der Waals surface area contributed by atoms with Crippen molar-refractivity contribution in [2.24, 2.45) is 5.92 Å². The van der Waals surface area contributed by atoms with Gasteiger partial charge < -0.3 is 14.4 Å². The van der Waals surface area contributed by atoms with Gasteiger partial charge in [-0.2, -0.15) is 5.10 Å². The van der Waals surface area contributed by atoms with Crippen LogP contribution in [0.5, 0.6) is 11.5 Å². The van der Waals surface area contributed by atoms with Crippen LogP contribution < -0.4 is 9.47 Å². The van der Waals surface area contributed by atoms with Crippen molar-refractivity contribution in [3.63, 3.8) is 0 Å². The molecule has 1 aliphatic rings. The molecule has 1 atom stereocenters. The molecule has 1 aromatic heterocycles. The Labute approximate surface area is 177 Å². The van der Waals surface area contributed by atoms with Gasteiger partial charge in [-0.15, -0.1) is 0 Å². The number of para-hydroxylation sites is 1. The van der Waals surface area contributed by atoms with Gasteiger partial charge in [0.25, 0.3) is 5.91 Å². The highest BCUT2D eigenvalue weighted by Crippen LogP contribution is 2.34. The zero-order valence-corrected chi connectivity index (χ0v) is 17.7. The highest BCUT2D eigenvalue weighted by Gasteiger charge is 2.27. The van der Waals surface area contributed by atoms with E-state index in [0.717, 1.165) is 37.2 Å². The number of piperidine rings is 1. The zero-order valence-electron chi connectivity index (χ0n) is 17.7. The smallest absolute Gasteiger partial charge is 0.257 e. The van der Waals surface area contributed by atoms with Crippen molar-refractivity contribution in [1.82, 2.24) is 14.7 Å². The third kappa shape index (κ3) is 3.90. The summed E-state index contributed by atoms with van der Waals surface area (Å²) in [5.41, 5.74) is 2.96. The molecule has 1 amide bonds. The van der Waals surface area contributed by atoms with E-state index in [9.17, 15) is 4.79 Å². The molecular weight excluding hydrogens is 378 g/mol. The Bertz CT molecular complexity index is 1030. The molecule has 0 aliphatic carbocycles. The number of methoxy groups -OCH3 is 2. The van der Waals surface area contributed by atoms with E-state index in [1.165, 1.54) is 0 Å². The van der Waals surface area contributed by atoms with Crippen molar-refractivity contribution in [1.29, 1.82) is 0 Å². The second-order valence-corrected chi connectivity index (χ2v) is 7.74. The Morgan fingerprint density at radius 2 is 1.83 bits per heavy atom. The lowest BCUT2D eigenvalue weighted by atomic mass is 9.99. The second kappa shape index (κ2) is 8.61. The molecule has 1 saturated heterocycles. The number of hydrogen-bond donors (Lipinski definition) is 0. The minimum Gasteiger partial charge on any atom is -0.493 e. The number of rotatable bonds is 5. The zero-order chi connectivity index (χ0) is 21.1. The minimum absolute atomic E-state index is 0.0218. The lowest BCUT2D eigenvalue weighted by Gasteiger charge is -2.30. The third-order valence-corrected chi connectivity index (χ3v) is 5.57. The molecule has 0 bridgehead atoms. The molecule has 0 unspecified atom stereocenters. The van der Waals surface area contributed by atoms with E-state index >= 15 is 0 Å². The first-order valence-corrected chi connectivity index (χ1v) is 10.3.